The Balaban J connectivity index is 0.00000158. The number of aromatic nitrogens is 3. The van der Waals surface area contributed by atoms with Gasteiger partial charge in [-0.2, -0.15) is 5.10 Å². The van der Waals surface area contributed by atoms with Crippen molar-refractivity contribution in [2.24, 2.45) is 5.73 Å². The van der Waals surface area contributed by atoms with Crippen molar-refractivity contribution in [3.8, 4) is 28.3 Å². The molecule has 1 heterocycles. The Morgan fingerprint density at radius 2 is 1.62 bits per heavy atom. The van der Waals surface area contributed by atoms with Gasteiger partial charge in [-0.05, 0) is 30.3 Å². The number of halogens is 4. The van der Waals surface area contributed by atoms with E-state index in [0.717, 1.165) is 0 Å². The second-order valence-electron chi connectivity index (χ2n) is 6.71. The van der Waals surface area contributed by atoms with Gasteiger partial charge < -0.3 is 10.5 Å². The van der Waals surface area contributed by atoms with Gasteiger partial charge in [0.25, 0.3) is 5.91 Å². The monoisotopic (exact) mass is 472 g/mol. The zero-order chi connectivity index (χ0) is 24.8. The van der Waals surface area contributed by atoms with Crippen molar-refractivity contribution in [3.05, 3.63) is 89.3 Å². The van der Waals surface area contributed by atoms with Gasteiger partial charge in [-0.3, -0.25) is 9.89 Å². The smallest absolute Gasteiger partial charge is 0.286 e. The van der Waals surface area contributed by atoms with Gasteiger partial charge in [-0.25, -0.2) is 22.5 Å². The zero-order valence-corrected chi connectivity index (χ0v) is 18.2. The highest BCUT2D eigenvalue weighted by molar-refractivity contribution is 5.89. The van der Waals surface area contributed by atoms with Crippen LogP contribution in [0.1, 0.15) is 30.0 Å². The highest BCUT2D eigenvalue weighted by Gasteiger charge is 2.16. The van der Waals surface area contributed by atoms with Crippen LogP contribution in [0.15, 0.2) is 54.6 Å². The number of H-pyrrole nitrogens is 1. The lowest BCUT2D eigenvalue weighted by Gasteiger charge is -2.13. The van der Waals surface area contributed by atoms with Gasteiger partial charge in [-0.15, -0.1) is 0 Å². The summed E-state index contributed by atoms with van der Waals surface area (Å²) < 4.78 is 60.8. The Bertz CT molecular complexity index is 1320. The molecule has 0 radical (unpaired) electrons. The number of amides is 1. The van der Waals surface area contributed by atoms with E-state index in [1.807, 2.05) is 13.8 Å². The predicted octanol–water partition coefficient (Wildman–Crippen LogP) is 5.40. The number of nitrogens with two attached hydrogens (primary N) is 1. The van der Waals surface area contributed by atoms with Crippen molar-refractivity contribution in [1.82, 2.24) is 15.2 Å². The minimum absolute atomic E-state index is 0.120. The van der Waals surface area contributed by atoms with Crippen LogP contribution in [0.3, 0.4) is 0 Å². The summed E-state index contributed by atoms with van der Waals surface area (Å²) >= 11 is 0. The fourth-order valence-corrected chi connectivity index (χ4v) is 3.02. The molecule has 0 aliphatic carbocycles. The largest absolute Gasteiger partial charge is 0.488 e. The molecule has 0 aliphatic rings. The number of primary amides is 1. The Hall–Kier alpha value is -4.21. The minimum atomic E-state index is -1.31. The molecule has 0 spiro atoms. The Morgan fingerprint density at radius 3 is 2.32 bits per heavy atom. The number of carbonyl (C=O) groups excluding carboxylic acids is 1. The van der Waals surface area contributed by atoms with Gasteiger partial charge in [-0.1, -0.05) is 32.0 Å². The first-order chi connectivity index (χ1) is 16.3. The van der Waals surface area contributed by atoms with Crippen LogP contribution in [0.4, 0.5) is 17.6 Å². The molecule has 1 aromatic heterocycles. The van der Waals surface area contributed by atoms with Gasteiger partial charge in [0.1, 0.15) is 24.0 Å². The second-order valence-corrected chi connectivity index (χ2v) is 6.71. The Morgan fingerprint density at radius 1 is 0.912 bits per heavy atom. The van der Waals surface area contributed by atoms with Crippen molar-refractivity contribution in [1.29, 1.82) is 0 Å². The number of para-hydroxylation sites is 1. The molecule has 0 saturated heterocycles. The first-order valence-electron chi connectivity index (χ1n) is 10.2. The summed E-state index contributed by atoms with van der Waals surface area (Å²) in [6.45, 7) is 3.59. The summed E-state index contributed by atoms with van der Waals surface area (Å²) in [6.07, 6.45) is 0. The van der Waals surface area contributed by atoms with E-state index < -0.39 is 35.8 Å². The van der Waals surface area contributed by atoms with Gasteiger partial charge >= 0.3 is 0 Å². The Labute approximate surface area is 192 Å². The number of ether oxygens (including phenoxy) is 1. The van der Waals surface area contributed by atoms with E-state index >= 15 is 0 Å². The number of rotatable bonds is 6. The molecular weight excluding hydrogens is 452 g/mol. The van der Waals surface area contributed by atoms with E-state index in [1.54, 1.807) is 18.2 Å². The lowest BCUT2D eigenvalue weighted by Crippen LogP contribution is -2.12. The van der Waals surface area contributed by atoms with E-state index in [-0.39, 0.29) is 28.5 Å². The van der Waals surface area contributed by atoms with Crippen molar-refractivity contribution in [2.45, 2.75) is 20.5 Å². The second kappa shape index (κ2) is 10.6. The molecule has 0 unspecified atom stereocenters. The van der Waals surface area contributed by atoms with Crippen molar-refractivity contribution in [2.75, 3.05) is 0 Å². The van der Waals surface area contributed by atoms with Crippen LogP contribution in [0.5, 0.6) is 5.75 Å². The standard InChI is InChI=1S/C22H14F4N4O2.C2H6/c23-15-6-5-11(21-28-22(20(27)31)30-29-21)7-14(15)13-3-1-2-4-19(13)32-10-12-8-17(25)18(26)9-16(12)24;1-2/h1-9H,10H2,(H2,27,31)(H,28,29,30);1-2H3. The number of nitrogens with one attached hydrogen (secondary N) is 1. The Kier molecular flexibility index (Phi) is 7.62. The first-order valence-corrected chi connectivity index (χ1v) is 10.2. The van der Waals surface area contributed by atoms with E-state index in [4.69, 9.17) is 10.5 Å². The van der Waals surface area contributed by atoms with E-state index in [9.17, 15) is 22.4 Å². The van der Waals surface area contributed by atoms with Gasteiger partial charge in [0, 0.05) is 28.3 Å². The van der Waals surface area contributed by atoms with E-state index in [2.05, 4.69) is 15.2 Å². The van der Waals surface area contributed by atoms with Crippen LogP contribution in [0, 0.1) is 23.3 Å². The molecule has 10 heteroatoms. The van der Waals surface area contributed by atoms with Crippen molar-refractivity contribution < 1.29 is 27.1 Å². The zero-order valence-electron chi connectivity index (χ0n) is 18.2. The summed E-state index contributed by atoms with van der Waals surface area (Å²) in [5, 5.41) is 6.29. The van der Waals surface area contributed by atoms with Gasteiger partial charge in [0.2, 0.25) is 5.82 Å². The molecule has 0 aliphatic heterocycles. The quantitative estimate of drug-likeness (QED) is 0.290. The highest BCUT2D eigenvalue weighted by atomic mass is 19.2. The summed E-state index contributed by atoms with van der Waals surface area (Å²) in [4.78, 5) is 15.2. The van der Waals surface area contributed by atoms with Crippen molar-refractivity contribution in [3.63, 3.8) is 0 Å². The molecule has 0 bridgehead atoms. The number of carbonyl (C=O) groups is 1. The molecule has 0 atom stereocenters. The molecule has 4 rings (SSSR count). The summed E-state index contributed by atoms with van der Waals surface area (Å²) in [5.41, 5.74) is 5.79. The third-order valence-corrected chi connectivity index (χ3v) is 4.59. The maximum Gasteiger partial charge on any atom is 0.286 e. The molecule has 0 fully saturated rings. The highest BCUT2D eigenvalue weighted by Crippen LogP contribution is 2.34. The summed E-state index contributed by atoms with van der Waals surface area (Å²) in [5.74, 6) is -4.71. The SMILES string of the molecule is CC.NC(=O)c1nc(-c2ccc(F)c(-c3ccccc3OCc3cc(F)c(F)cc3F)c2)n[nH]1. The number of aromatic amines is 1. The average Bonchev–Trinajstić information content (AvgIpc) is 3.33. The predicted molar refractivity (Wildman–Crippen MR) is 118 cm³/mol. The third kappa shape index (κ3) is 5.22. The number of hydrogen-bond acceptors (Lipinski definition) is 4. The van der Waals surface area contributed by atoms with Crippen LogP contribution in [0.25, 0.3) is 22.5 Å². The molecule has 4 aromatic rings. The number of benzene rings is 3. The van der Waals surface area contributed by atoms with Crippen LogP contribution in [-0.4, -0.2) is 21.1 Å². The lowest BCUT2D eigenvalue weighted by molar-refractivity contribution is 0.0991. The molecule has 176 valence electrons. The average molecular weight is 472 g/mol. The van der Waals surface area contributed by atoms with Crippen LogP contribution in [0.2, 0.25) is 0 Å². The maximum absolute atomic E-state index is 14.7. The van der Waals surface area contributed by atoms with Crippen molar-refractivity contribution >= 4 is 5.91 Å². The molecule has 1 amide bonds. The van der Waals surface area contributed by atoms with E-state index in [0.29, 0.717) is 23.3 Å². The normalized spacial score (nSPS) is 10.4. The molecule has 0 saturated carbocycles. The summed E-state index contributed by atoms with van der Waals surface area (Å²) in [7, 11) is 0. The van der Waals surface area contributed by atoms with Gasteiger partial charge in [0.05, 0.1) is 0 Å². The molecule has 3 N–H and O–H groups in total. The summed E-state index contributed by atoms with van der Waals surface area (Å²) in [6, 6.07) is 11.6. The first kappa shape index (κ1) is 24.4. The third-order valence-electron chi connectivity index (χ3n) is 4.59. The fraction of sp³-hybridized carbons (Fsp3) is 0.125. The maximum atomic E-state index is 14.7. The molecule has 6 nitrogen and oxygen atoms in total. The molecule has 34 heavy (non-hydrogen) atoms. The topological polar surface area (TPSA) is 93.9 Å². The van der Waals surface area contributed by atoms with Crippen LogP contribution >= 0.6 is 0 Å². The van der Waals surface area contributed by atoms with Gasteiger partial charge in [0.15, 0.2) is 17.5 Å². The number of nitrogens with zero attached hydrogens (tertiary/aromatic N) is 2. The fourth-order valence-electron chi connectivity index (χ4n) is 3.02. The minimum Gasteiger partial charge on any atom is -0.488 e. The number of hydrogen-bond donors (Lipinski definition) is 2. The van der Waals surface area contributed by atoms with Crippen LogP contribution < -0.4 is 10.5 Å². The molecular formula is C24H20F4N4O2. The lowest BCUT2D eigenvalue weighted by atomic mass is 10.0. The van der Waals surface area contributed by atoms with E-state index in [1.165, 1.54) is 24.3 Å². The molecule has 3 aromatic carbocycles. The van der Waals surface area contributed by atoms with Crippen LogP contribution in [-0.2, 0) is 6.61 Å².